The predicted octanol–water partition coefficient (Wildman–Crippen LogP) is 2.04. The molecule has 6 heteroatoms. The molecule has 2 saturated heterocycles. The molecule has 0 bridgehead atoms. The molecule has 2 fully saturated rings. The number of aryl methyl sites for hydroxylation is 1. The second-order valence-electron chi connectivity index (χ2n) is 7.15. The zero-order chi connectivity index (χ0) is 17.8. The number of hydrogen-bond acceptors (Lipinski definition) is 3. The molecule has 0 saturated carbocycles. The van der Waals surface area contributed by atoms with Crippen molar-refractivity contribution in [2.45, 2.75) is 26.3 Å². The highest BCUT2D eigenvalue weighted by atomic mass is 19.1. The number of carbonyl (C=O) groups excluding carboxylic acids is 1. The molecule has 0 aromatic heterocycles. The number of nitrogens with zero attached hydrogens (tertiary/aromatic N) is 2. The first-order valence-electron chi connectivity index (χ1n) is 9.14. The van der Waals surface area contributed by atoms with E-state index in [1.54, 1.807) is 6.07 Å². The van der Waals surface area contributed by atoms with Gasteiger partial charge in [-0.15, -0.1) is 0 Å². The summed E-state index contributed by atoms with van der Waals surface area (Å²) in [6.07, 6.45) is 0.716. The highest BCUT2D eigenvalue weighted by Gasteiger charge is 2.36. The summed E-state index contributed by atoms with van der Waals surface area (Å²) in [5.74, 6) is 0.258. The first-order valence-corrected chi connectivity index (χ1v) is 9.14. The van der Waals surface area contributed by atoms with E-state index in [1.165, 1.54) is 12.1 Å². The van der Waals surface area contributed by atoms with E-state index in [0.29, 0.717) is 24.9 Å². The SMILES string of the molecule is Cc1cc(F)ccc1CCNC(=O)N1C[C@@H](C)[C@@H](N2CCOCC2)C1. The van der Waals surface area contributed by atoms with Gasteiger partial charge in [0.25, 0.3) is 0 Å². The largest absolute Gasteiger partial charge is 0.379 e. The average molecular weight is 349 g/mol. The van der Waals surface area contributed by atoms with Gasteiger partial charge in [-0.25, -0.2) is 9.18 Å². The van der Waals surface area contributed by atoms with Gasteiger partial charge in [-0.05, 0) is 42.5 Å². The van der Waals surface area contributed by atoms with Crippen molar-refractivity contribution in [3.05, 3.63) is 35.1 Å². The second-order valence-corrected chi connectivity index (χ2v) is 7.15. The van der Waals surface area contributed by atoms with Crippen LogP contribution in [0.2, 0.25) is 0 Å². The maximum atomic E-state index is 13.1. The Morgan fingerprint density at radius 2 is 2.08 bits per heavy atom. The van der Waals surface area contributed by atoms with Crippen LogP contribution >= 0.6 is 0 Å². The Kier molecular flexibility index (Phi) is 5.91. The number of benzene rings is 1. The summed E-state index contributed by atoms with van der Waals surface area (Å²) in [4.78, 5) is 16.8. The third kappa shape index (κ3) is 4.50. The van der Waals surface area contributed by atoms with Crippen LogP contribution in [0.15, 0.2) is 18.2 Å². The minimum Gasteiger partial charge on any atom is -0.379 e. The number of nitrogens with one attached hydrogen (secondary N) is 1. The lowest BCUT2D eigenvalue weighted by molar-refractivity contribution is 0.0123. The maximum Gasteiger partial charge on any atom is 0.317 e. The van der Waals surface area contributed by atoms with Crippen LogP contribution < -0.4 is 5.32 Å². The molecule has 2 aliphatic heterocycles. The van der Waals surface area contributed by atoms with Gasteiger partial charge in [0.2, 0.25) is 0 Å². The van der Waals surface area contributed by atoms with Gasteiger partial charge in [0.1, 0.15) is 5.82 Å². The molecule has 25 heavy (non-hydrogen) atoms. The van der Waals surface area contributed by atoms with Gasteiger partial charge in [0.05, 0.1) is 13.2 Å². The van der Waals surface area contributed by atoms with E-state index >= 15 is 0 Å². The Labute approximate surface area is 149 Å². The summed E-state index contributed by atoms with van der Waals surface area (Å²) >= 11 is 0. The van der Waals surface area contributed by atoms with Crippen LogP contribution in [0.1, 0.15) is 18.1 Å². The molecule has 2 atom stereocenters. The molecule has 138 valence electrons. The summed E-state index contributed by atoms with van der Waals surface area (Å²) in [7, 11) is 0. The van der Waals surface area contributed by atoms with Crippen LogP contribution in [0.25, 0.3) is 0 Å². The normalized spacial score (nSPS) is 24.5. The van der Waals surface area contributed by atoms with Gasteiger partial charge < -0.3 is 15.0 Å². The van der Waals surface area contributed by atoms with Crippen molar-refractivity contribution in [3.8, 4) is 0 Å². The molecule has 1 aromatic carbocycles. The molecule has 1 aromatic rings. The Morgan fingerprint density at radius 3 is 2.80 bits per heavy atom. The summed E-state index contributed by atoms with van der Waals surface area (Å²) in [5, 5.41) is 3.01. The molecular weight excluding hydrogens is 321 g/mol. The quantitative estimate of drug-likeness (QED) is 0.905. The number of hydrogen-bond donors (Lipinski definition) is 1. The first-order chi connectivity index (χ1) is 12.0. The topological polar surface area (TPSA) is 44.8 Å². The van der Waals surface area contributed by atoms with Crippen molar-refractivity contribution in [3.63, 3.8) is 0 Å². The zero-order valence-corrected chi connectivity index (χ0v) is 15.1. The minimum absolute atomic E-state index is 0.00220. The van der Waals surface area contributed by atoms with E-state index in [1.807, 2.05) is 11.8 Å². The molecule has 3 rings (SSSR count). The summed E-state index contributed by atoms with van der Waals surface area (Å²) < 4.78 is 18.6. The lowest BCUT2D eigenvalue weighted by Gasteiger charge is -2.33. The summed E-state index contributed by atoms with van der Waals surface area (Å²) in [5.41, 5.74) is 2.00. The van der Waals surface area contributed by atoms with Crippen molar-refractivity contribution in [1.29, 1.82) is 0 Å². The van der Waals surface area contributed by atoms with Crippen molar-refractivity contribution in [1.82, 2.24) is 15.1 Å². The van der Waals surface area contributed by atoms with Gasteiger partial charge >= 0.3 is 6.03 Å². The van der Waals surface area contributed by atoms with E-state index in [4.69, 9.17) is 4.74 Å². The molecule has 5 nitrogen and oxygen atoms in total. The van der Waals surface area contributed by atoms with Crippen LogP contribution in [-0.4, -0.2) is 67.8 Å². The maximum absolute atomic E-state index is 13.1. The monoisotopic (exact) mass is 349 g/mol. The van der Waals surface area contributed by atoms with E-state index in [2.05, 4.69) is 17.1 Å². The van der Waals surface area contributed by atoms with E-state index in [9.17, 15) is 9.18 Å². The fraction of sp³-hybridized carbons (Fsp3) is 0.632. The van der Waals surface area contributed by atoms with Crippen LogP contribution in [0, 0.1) is 18.7 Å². The number of rotatable bonds is 4. The van der Waals surface area contributed by atoms with Crippen molar-refractivity contribution < 1.29 is 13.9 Å². The van der Waals surface area contributed by atoms with E-state index in [0.717, 1.165) is 50.5 Å². The molecule has 2 aliphatic rings. The summed E-state index contributed by atoms with van der Waals surface area (Å²) in [6.45, 7) is 9.73. The van der Waals surface area contributed by atoms with Gasteiger partial charge in [-0.2, -0.15) is 0 Å². The molecule has 0 radical (unpaired) electrons. The number of ether oxygens (including phenoxy) is 1. The Balaban J connectivity index is 1.47. The fourth-order valence-electron chi connectivity index (χ4n) is 3.86. The Bertz CT molecular complexity index is 604. The number of likely N-dealkylation sites (tertiary alicyclic amines) is 1. The first kappa shape index (κ1) is 18.1. The average Bonchev–Trinajstić information content (AvgIpc) is 2.99. The lowest BCUT2D eigenvalue weighted by atomic mass is 10.0. The van der Waals surface area contributed by atoms with Crippen LogP contribution in [-0.2, 0) is 11.2 Å². The smallest absolute Gasteiger partial charge is 0.317 e. The molecule has 2 heterocycles. The van der Waals surface area contributed by atoms with Crippen molar-refractivity contribution in [2.24, 2.45) is 5.92 Å². The number of carbonyl (C=O) groups is 1. The third-order valence-electron chi connectivity index (χ3n) is 5.35. The van der Waals surface area contributed by atoms with Crippen molar-refractivity contribution >= 4 is 6.03 Å². The van der Waals surface area contributed by atoms with Gasteiger partial charge in [0, 0.05) is 38.8 Å². The number of morpholine rings is 1. The number of urea groups is 1. The van der Waals surface area contributed by atoms with Gasteiger partial charge in [-0.1, -0.05) is 13.0 Å². The third-order valence-corrected chi connectivity index (χ3v) is 5.35. The van der Waals surface area contributed by atoms with Crippen LogP contribution in [0.5, 0.6) is 0 Å². The second kappa shape index (κ2) is 8.15. The molecule has 0 unspecified atom stereocenters. The van der Waals surface area contributed by atoms with E-state index in [-0.39, 0.29) is 11.8 Å². The zero-order valence-electron chi connectivity index (χ0n) is 15.1. The number of halogens is 1. The molecular formula is C19H28FN3O2. The minimum atomic E-state index is -0.217. The number of amides is 2. The van der Waals surface area contributed by atoms with E-state index < -0.39 is 0 Å². The summed E-state index contributed by atoms with van der Waals surface area (Å²) in [6, 6.07) is 5.23. The van der Waals surface area contributed by atoms with Crippen LogP contribution in [0.4, 0.5) is 9.18 Å². The standard InChI is InChI=1S/C19H28FN3O2/c1-14-11-17(20)4-3-16(14)5-6-21-19(24)23-12-15(2)18(13-23)22-7-9-25-10-8-22/h3-4,11,15,18H,5-10,12-13H2,1-2H3,(H,21,24)/t15-,18+/m1/s1. The predicted molar refractivity (Wildman–Crippen MR) is 95.2 cm³/mol. The Hall–Kier alpha value is -1.66. The van der Waals surface area contributed by atoms with Crippen LogP contribution in [0.3, 0.4) is 0 Å². The molecule has 0 aliphatic carbocycles. The highest BCUT2D eigenvalue weighted by molar-refractivity contribution is 5.74. The lowest BCUT2D eigenvalue weighted by Crippen LogP contribution is -2.47. The molecule has 0 spiro atoms. The highest BCUT2D eigenvalue weighted by Crippen LogP contribution is 2.22. The fourth-order valence-corrected chi connectivity index (χ4v) is 3.86. The van der Waals surface area contributed by atoms with Crippen molar-refractivity contribution in [2.75, 3.05) is 45.9 Å². The molecule has 1 N–H and O–H groups in total. The van der Waals surface area contributed by atoms with Gasteiger partial charge in [0.15, 0.2) is 0 Å². The molecule has 2 amide bonds. The van der Waals surface area contributed by atoms with Gasteiger partial charge in [-0.3, -0.25) is 4.90 Å². The Morgan fingerprint density at radius 1 is 1.32 bits per heavy atom.